The topological polar surface area (TPSA) is 93.4 Å². The highest BCUT2D eigenvalue weighted by Crippen LogP contribution is 2.34. The van der Waals surface area contributed by atoms with Crippen molar-refractivity contribution in [2.24, 2.45) is 0 Å². The number of thioether (sulfide) groups is 1. The highest BCUT2D eigenvalue weighted by Gasteiger charge is 2.24. The molecule has 0 aliphatic heterocycles. The van der Waals surface area contributed by atoms with Crippen LogP contribution >= 0.6 is 11.8 Å². The zero-order valence-corrected chi connectivity index (χ0v) is 20.9. The number of amides is 1. The summed E-state index contributed by atoms with van der Waals surface area (Å²) in [5.74, 6) is 1.28. The average molecular weight is 486 g/mol. The number of aromatic amines is 1. The van der Waals surface area contributed by atoms with Gasteiger partial charge in [-0.25, -0.2) is 4.68 Å². The van der Waals surface area contributed by atoms with Gasteiger partial charge in [-0.15, -0.1) is 10.2 Å². The third-order valence-corrected chi connectivity index (χ3v) is 6.83. The summed E-state index contributed by atoms with van der Waals surface area (Å²) in [6, 6.07) is 18.3. The minimum atomic E-state index is -0.408. The second-order valence-electron chi connectivity index (χ2n) is 8.73. The second kappa shape index (κ2) is 9.42. The van der Waals surface area contributed by atoms with E-state index in [1.165, 1.54) is 11.8 Å². The SMILES string of the molecule is Cc1cccc(-n2c(S[C@H](C)C(=O)Nc3ccnn3C(C)C)nnc2-c2c[nH]c3ccccc23)c1. The number of anilines is 1. The molecule has 3 aromatic heterocycles. The molecule has 0 bridgehead atoms. The molecule has 3 heterocycles. The molecule has 0 spiro atoms. The van der Waals surface area contributed by atoms with Crippen molar-refractivity contribution in [3.63, 3.8) is 0 Å². The molecule has 0 saturated carbocycles. The van der Waals surface area contributed by atoms with Crippen molar-refractivity contribution < 1.29 is 4.79 Å². The van der Waals surface area contributed by atoms with Crippen LogP contribution in [0.2, 0.25) is 0 Å². The molecule has 2 N–H and O–H groups in total. The fourth-order valence-electron chi connectivity index (χ4n) is 4.04. The summed E-state index contributed by atoms with van der Waals surface area (Å²) in [6.07, 6.45) is 3.65. The number of aromatic nitrogens is 6. The number of benzene rings is 2. The third-order valence-electron chi connectivity index (χ3n) is 5.79. The van der Waals surface area contributed by atoms with Crippen molar-refractivity contribution in [1.29, 1.82) is 0 Å². The highest BCUT2D eigenvalue weighted by molar-refractivity contribution is 8.00. The summed E-state index contributed by atoms with van der Waals surface area (Å²) in [7, 11) is 0. The lowest BCUT2D eigenvalue weighted by Gasteiger charge is -2.16. The van der Waals surface area contributed by atoms with Crippen LogP contribution < -0.4 is 5.32 Å². The van der Waals surface area contributed by atoms with Crippen LogP contribution in [0.25, 0.3) is 28.0 Å². The van der Waals surface area contributed by atoms with Crippen molar-refractivity contribution >= 4 is 34.4 Å². The Morgan fingerprint density at radius 3 is 2.69 bits per heavy atom. The summed E-state index contributed by atoms with van der Waals surface area (Å²) in [6.45, 7) is 7.98. The van der Waals surface area contributed by atoms with E-state index in [0.717, 1.165) is 33.5 Å². The van der Waals surface area contributed by atoms with Gasteiger partial charge in [-0.05, 0) is 51.5 Å². The molecule has 1 atom stereocenters. The predicted octanol–water partition coefficient (Wildman–Crippen LogP) is 5.62. The van der Waals surface area contributed by atoms with Crippen LogP contribution in [-0.4, -0.2) is 40.7 Å². The van der Waals surface area contributed by atoms with Gasteiger partial charge < -0.3 is 10.3 Å². The Hall–Kier alpha value is -3.85. The molecule has 0 unspecified atom stereocenters. The number of rotatable bonds is 7. The molecule has 8 nitrogen and oxygen atoms in total. The quantitative estimate of drug-likeness (QED) is 0.292. The molecule has 178 valence electrons. The van der Waals surface area contributed by atoms with Crippen LogP contribution in [0.1, 0.15) is 32.4 Å². The summed E-state index contributed by atoms with van der Waals surface area (Å²) in [5.41, 5.74) is 4.07. The molecule has 0 aliphatic carbocycles. The monoisotopic (exact) mass is 485 g/mol. The number of fused-ring (bicyclic) bond motifs is 1. The summed E-state index contributed by atoms with van der Waals surface area (Å²) in [5, 5.41) is 17.7. The minimum absolute atomic E-state index is 0.121. The zero-order chi connectivity index (χ0) is 24.5. The van der Waals surface area contributed by atoms with Gasteiger partial charge in [0, 0.05) is 40.5 Å². The van der Waals surface area contributed by atoms with E-state index in [-0.39, 0.29) is 11.9 Å². The van der Waals surface area contributed by atoms with Gasteiger partial charge >= 0.3 is 0 Å². The van der Waals surface area contributed by atoms with Crippen LogP contribution in [-0.2, 0) is 4.79 Å². The van der Waals surface area contributed by atoms with E-state index in [0.29, 0.717) is 11.0 Å². The molecular weight excluding hydrogens is 458 g/mol. The van der Waals surface area contributed by atoms with Gasteiger partial charge in [0.15, 0.2) is 11.0 Å². The van der Waals surface area contributed by atoms with E-state index in [2.05, 4.69) is 50.7 Å². The third kappa shape index (κ3) is 4.46. The zero-order valence-electron chi connectivity index (χ0n) is 20.1. The van der Waals surface area contributed by atoms with Crippen LogP contribution in [0.15, 0.2) is 72.1 Å². The van der Waals surface area contributed by atoms with Crippen molar-refractivity contribution in [2.75, 3.05) is 5.32 Å². The maximum Gasteiger partial charge on any atom is 0.238 e. The fourth-order valence-corrected chi connectivity index (χ4v) is 4.91. The van der Waals surface area contributed by atoms with Crippen LogP contribution in [0.4, 0.5) is 5.82 Å². The Balaban J connectivity index is 1.50. The molecule has 1 amide bonds. The van der Waals surface area contributed by atoms with Crippen LogP contribution in [0.3, 0.4) is 0 Å². The molecule has 0 saturated heterocycles. The first kappa shape index (κ1) is 22.9. The van der Waals surface area contributed by atoms with E-state index in [1.54, 1.807) is 16.9 Å². The molecule has 0 radical (unpaired) electrons. The number of hydrogen-bond donors (Lipinski definition) is 2. The number of carbonyl (C=O) groups excluding carboxylic acids is 1. The van der Waals surface area contributed by atoms with Gasteiger partial charge in [-0.3, -0.25) is 9.36 Å². The number of carbonyl (C=O) groups is 1. The van der Waals surface area contributed by atoms with Gasteiger partial charge in [-0.2, -0.15) is 5.10 Å². The van der Waals surface area contributed by atoms with Gasteiger partial charge in [0.05, 0.1) is 11.4 Å². The maximum atomic E-state index is 13.1. The lowest BCUT2D eigenvalue weighted by Crippen LogP contribution is -2.25. The normalized spacial score (nSPS) is 12.4. The Labute approximate surface area is 207 Å². The molecule has 5 aromatic rings. The number of nitrogens with one attached hydrogen (secondary N) is 2. The van der Waals surface area contributed by atoms with Crippen molar-refractivity contribution in [2.45, 2.75) is 44.1 Å². The lowest BCUT2D eigenvalue weighted by atomic mass is 10.1. The Morgan fingerprint density at radius 1 is 1.06 bits per heavy atom. The second-order valence-corrected chi connectivity index (χ2v) is 10.0. The first-order valence-electron chi connectivity index (χ1n) is 11.5. The Kier molecular flexibility index (Phi) is 6.17. The molecular formula is C26H27N7OS. The van der Waals surface area contributed by atoms with Crippen molar-refractivity contribution in [3.05, 3.63) is 72.6 Å². The van der Waals surface area contributed by atoms with Gasteiger partial charge in [0.2, 0.25) is 5.91 Å². The first-order chi connectivity index (χ1) is 16.9. The number of para-hydroxylation sites is 1. The Bertz CT molecular complexity index is 1500. The van der Waals surface area contributed by atoms with Gasteiger partial charge in [0.25, 0.3) is 0 Å². The van der Waals surface area contributed by atoms with Gasteiger partial charge in [0.1, 0.15) is 5.82 Å². The number of aryl methyl sites for hydroxylation is 1. The average Bonchev–Trinajstić information content (AvgIpc) is 3.57. The van der Waals surface area contributed by atoms with Crippen LogP contribution in [0.5, 0.6) is 0 Å². The summed E-state index contributed by atoms with van der Waals surface area (Å²) in [4.78, 5) is 16.4. The molecule has 0 aliphatic rings. The summed E-state index contributed by atoms with van der Waals surface area (Å²) < 4.78 is 3.81. The maximum absolute atomic E-state index is 13.1. The largest absolute Gasteiger partial charge is 0.360 e. The highest BCUT2D eigenvalue weighted by atomic mass is 32.2. The van der Waals surface area contributed by atoms with Crippen molar-refractivity contribution in [1.82, 2.24) is 29.5 Å². The van der Waals surface area contributed by atoms with E-state index < -0.39 is 5.25 Å². The minimum Gasteiger partial charge on any atom is -0.360 e. The fraction of sp³-hybridized carbons (Fsp3) is 0.231. The molecule has 9 heteroatoms. The first-order valence-corrected chi connectivity index (χ1v) is 12.4. The standard InChI is InChI=1S/C26H27N7OS/c1-16(2)33-23(12-13-28-33)29-25(34)18(4)35-26-31-30-24(32(26)19-9-7-8-17(3)14-19)21-15-27-22-11-6-5-10-20(21)22/h5-16,18,27H,1-4H3,(H,29,34)/t18-/m1/s1. The van der Waals surface area contributed by atoms with E-state index in [4.69, 9.17) is 0 Å². The number of hydrogen-bond acceptors (Lipinski definition) is 5. The van der Waals surface area contributed by atoms with E-state index in [1.807, 2.05) is 61.9 Å². The smallest absolute Gasteiger partial charge is 0.238 e. The summed E-state index contributed by atoms with van der Waals surface area (Å²) >= 11 is 1.38. The van der Waals surface area contributed by atoms with Crippen molar-refractivity contribution in [3.8, 4) is 17.1 Å². The molecule has 35 heavy (non-hydrogen) atoms. The Morgan fingerprint density at radius 2 is 1.89 bits per heavy atom. The van der Waals surface area contributed by atoms with Crippen LogP contribution in [0, 0.1) is 6.92 Å². The molecule has 5 rings (SSSR count). The van der Waals surface area contributed by atoms with E-state index in [9.17, 15) is 4.79 Å². The number of H-pyrrole nitrogens is 1. The van der Waals surface area contributed by atoms with Gasteiger partial charge in [-0.1, -0.05) is 42.1 Å². The predicted molar refractivity (Wildman–Crippen MR) is 140 cm³/mol. The molecule has 0 fully saturated rings. The number of nitrogens with zero attached hydrogens (tertiary/aromatic N) is 5. The van der Waals surface area contributed by atoms with E-state index >= 15 is 0 Å². The molecule has 2 aromatic carbocycles. The lowest BCUT2D eigenvalue weighted by molar-refractivity contribution is -0.115.